The van der Waals surface area contributed by atoms with E-state index in [2.05, 4.69) is 0 Å². The van der Waals surface area contributed by atoms with Gasteiger partial charge in [-0.25, -0.2) is 4.39 Å². The minimum atomic E-state index is -0.397. The molecule has 0 amide bonds. The lowest BCUT2D eigenvalue weighted by Gasteiger charge is -2.04. The van der Waals surface area contributed by atoms with Crippen molar-refractivity contribution in [3.05, 3.63) is 70.5 Å². The fourth-order valence-corrected chi connectivity index (χ4v) is 1.80. The molecule has 0 saturated heterocycles. The highest BCUT2D eigenvalue weighted by Gasteiger charge is 2.09. The summed E-state index contributed by atoms with van der Waals surface area (Å²) in [6, 6.07) is 13.0. The Bertz CT molecular complexity index is 537. The minimum absolute atomic E-state index is 0.0286. The van der Waals surface area contributed by atoms with Gasteiger partial charge >= 0.3 is 0 Å². The van der Waals surface area contributed by atoms with Crippen molar-refractivity contribution in [2.24, 2.45) is 0 Å². The van der Waals surface area contributed by atoms with Gasteiger partial charge in [-0.3, -0.25) is 4.79 Å². The predicted molar refractivity (Wildman–Crippen MR) is 65.9 cm³/mol. The van der Waals surface area contributed by atoms with Crippen LogP contribution in [0, 0.1) is 5.82 Å². The maximum absolute atomic E-state index is 12.8. The van der Waals surface area contributed by atoms with Gasteiger partial charge in [0.25, 0.3) is 0 Å². The Morgan fingerprint density at radius 2 is 1.82 bits per heavy atom. The van der Waals surface area contributed by atoms with Gasteiger partial charge in [-0.05, 0) is 17.7 Å². The molecule has 0 N–H and O–H groups in total. The van der Waals surface area contributed by atoms with Crippen LogP contribution in [0.1, 0.15) is 15.9 Å². The molecule has 0 heterocycles. The molecule has 86 valence electrons. The van der Waals surface area contributed by atoms with Crippen LogP contribution < -0.4 is 0 Å². The lowest BCUT2D eigenvalue weighted by atomic mass is 10.0. The number of hydrogen-bond donors (Lipinski definition) is 0. The lowest BCUT2D eigenvalue weighted by molar-refractivity contribution is 0.0993. The van der Waals surface area contributed by atoms with Crippen LogP contribution in [0.25, 0.3) is 0 Å². The maximum Gasteiger partial charge on any atom is 0.167 e. The molecule has 0 atom stereocenters. The zero-order valence-corrected chi connectivity index (χ0v) is 9.75. The quantitative estimate of drug-likeness (QED) is 0.753. The van der Waals surface area contributed by atoms with Crippen molar-refractivity contribution in [1.29, 1.82) is 0 Å². The molecule has 17 heavy (non-hydrogen) atoms. The first-order valence-electron chi connectivity index (χ1n) is 5.19. The molecule has 0 spiro atoms. The zero-order chi connectivity index (χ0) is 12.3. The summed E-state index contributed by atoms with van der Waals surface area (Å²) in [5.41, 5.74) is 1.27. The number of benzene rings is 2. The molecule has 0 radical (unpaired) electrons. The Kier molecular flexibility index (Phi) is 3.55. The number of carbonyl (C=O) groups is 1. The second-order valence-electron chi connectivity index (χ2n) is 3.70. The molecule has 1 nitrogen and oxygen atoms in total. The van der Waals surface area contributed by atoms with Crippen LogP contribution in [0.2, 0.25) is 5.02 Å². The third-order valence-electron chi connectivity index (χ3n) is 2.46. The molecule has 0 bridgehead atoms. The van der Waals surface area contributed by atoms with Gasteiger partial charge in [-0.1, -0.05) is 48.0 Å². The van der Waals surface area contributed by atoms with Crippen LogP contribution in [0.5, 0.6) is 0 Å². The van der Waals surface area contributed by atoms with E-state index in [1.807, 2.05) is 6.07 Å². The summed E-state index contributed by atoms with van der Waals surface area (Å²) in [7, 11) is 0. The summed E-state index contributed by atoms with van der Waals surface area (Å²) in [5.74, 6) is -0.426. The van der Waals surface area contributed by atoms with Crippen molar-refractivity contribution >= 4 is 17.4 Å². The summed E-state index contributed by atoms with van der Waals surface area (Å²) in [6.45, 7) is 0. The van der Waals surface area contributed by atoms with Gasteiger partial charge in [0, 0.05) is 17.0 Å². The topological polar surface area (TPSA) is 17.1 Å². The van der Waals surface area contributed by atoms with E-state index in [0.717, 1.165) is 0 Å². The minimum Gasteiger partial charge on any atom is -0.294 e. The molecule has 0 aliphatic carbocycles. The van der Waals surface area contributed by atoms with Gasteiger partial charge in [0.05, 0.1) is 0 Å². The highest BCUT2D eigenvalue weighted by atomic mass is 35.5. The monoisotopic (exact) mass is 248 g/mol. The molecule has 3 heteroatoms. The number of rotatable bonds is 3. The second-order valence-corrected chi connectivity index (χ2v) is 4.11. The van der Waals surface area contributed by atoms with Crippen molar-refractivity contribution in [2.45, 2.75) is 6.42 Å². The Balaban J connectivity index is 2.19. The van der Waals surface area contributed by atoms with Crippen LogP contribution in [0.3, 0.4) is 0 Å². The Labute approximate surface area is 104 Å². The summed E-state index contributed by atoms with van der Waals surface area (Å²) in [5, 5.41) is 0.286. The normalized spacial score (nSPS) is 10.2. The second kappa shape index (κ2) is 5.11. The van der Waals surface area contributed by atoms with Gasteiger partial charge in [0.15, 0.2) is 5.78 Å². The predicted octanol–water partition coefficient (Wildman–Crippen LogP) is 3.90. The van der Waals surface area contributed by atoms with E-state index in [-0.39, 0.29) is 17.2 Å². The van der Waals surface area contributed by atoms with Gasteiger partial charge in [0.2, 0.25) is 0 Å². The highest BCUT2D eigenvalue weighted by Crippen LogP contribution is 2.19. The van der Waals surface area contributed by atoms with Crippen LogP contribution >= 0.6 is 11.6 Å². The van der Waals surface area contributed by atoms with E-state index in [1.165, 1.54) is 12.1 Å². The number of ketones is 1. The third-order valence-corrected chi connectivity index (χ3v) is 2.81. The van der Waals surface area contributed by atoms with Crippen molar-refractivity contribution in [2.75, 3.05) is 0 Å². The summed E-state index contributed by atoms with van der Waals surface area (Å²) in [6.07, 6.45) is 0.184. The van der Waals surface area contributed by atoms with Crippen molar-refractivity contribution in [3.63, 3.8) is 0 Å². The molecule has 0 saturated carbocycles. The number of halogens is 2. The molecule has 0 aliphatic heterocycles. The third kappa shape index (κ3) is 2.92. The fourth-order valence-electron chi connectivity index (χ4n) is 1.56. The number of carbonyl (C=O) groups excluding carboxylic acids is 1. The smallest absolute Gasteiger partial charge is 0.167 e. The average Bonchev–Trinajstić information content (AvgIpc) is 2.34. The molecule has 2 rings (SSSR count). The first kappa shape index (κ1) is 11.8. The van der Waals surface area contributed by atoms with E-state index in [0.29, 0.717) is 11.1 Å². The van der Waals surface area contributed by atoms with Gasteiger partial charge in [0.1, 0.15) is 5.82 Å². The van der Waals surface area contributed by atoms with Crippen LogP contribution in [0.15, 0.2) is 48.5 Å². The Morgan fingerprint density at radius 1 is 1.12 bits per heavy atom. The fraction of sp³-hybridized carbons (Fsp3) is 0.0714. The van der Waals surface area contributed by atoms with E-state index < -0.39 is 5.82 Å². The molecule has 0 unspecified atom stereocenters. The van der Waals surface area contributed by atoms with Crippen LogP contribution in [-0.2, 0) is 6.42 Å². The highest BCUT2D eigenvalue weighted by molar-refractivity contribution is 6.31. The van der Waals surface area contributed by atoms with E-state index in [9.17, 15) is 9.18 Å². The Hall–Kier alpha value is -1.67. The van der Waals surface area contributed by atoms with Gasteiger partial charge < -0.3 is 0 Å². The van der Waals surface area contributed by atoms with E-state index in [1.54, 1.807) is 30.3 Å². The lowest BCUT2D eigenvalue weighted by Crippen LogP contribution is -2.03. The molecule has 2 aromatic rings. The molecular weight excluding hydrogens is 239 g/mol. The van der Waals surface area contributed by atoms with Gasteiger partial charge in [-0.15, -0.1) is 0 Å². The average molecular weight is 249 g/mol. The zero-order valence-electron chi connectivity index (χ0n) is 8.99. The van der Waals surface area contributed by atoms with Crippen LogP contribution in [0.4, 0.5) is 4.39 Å². The first-order chi connectivity index (χ1) is 8.16. The number of hydrogen-bond acceptors (Lipinski definition) is 1. The first-order valence-corrected chi connectivity index (χ1v) is 5.57. The van der Waals surface area contributed by atoms with Crippen molar-refractivity contribution in [1.82, 2.24) is 0 Å². The molecule has 0 aromatic heterocycles. The summed E-state index contributed by atoms with van der Waals surface area (Å²) < 4.78 is 12.8. The van der Waals surface area contributed by atoms with E-state index >= 15 is 0 Å². The van der Waals surface area contributed by atoms with Crippen molar-refractivity contribution < 1.29 is 9.18 Å². The number of Topliss-reactive ketones (excluding diaryl/α,β-unsaturated/α-hetero) is 1. The molecule has 2 aromatic carbocycles. The van der Waals surface area contributed by atoms with Crippen LogP contribution in [-0.4, -0.2) is 5.78 Å². The van der Waals surface area contributed by atoms with E-state index in [4.69, 9.17) is 11.6 Å². The SMILES string of the molecule is O=C(Cc1ccc(F)cc1Cl)c1ccccc1. The molecular formula is C14H10ClFO. The van der Waals surface area contributed by atoms with Gasteiger partial charge in [-0.2, -0.15) is 0 Å². The Morgan fingerprint density at radius 3 is 2.47 bits per heavy atom. The summed E-state index contributed by atoms with van der Waals surface area (Å²) in [4.78, 5) is 11.9. The molecule has 0 fully saturated rings. The largest absolute Gasteiger partial charge is 0.294 e. The maximum atomic E-state index is 12.8. The summed E-state index contributed by atoms with van der Waals surface area (Å²) >= 11 is 5.87. The molecule has 0 aliphatic rings. The standard InChI is InChI=1S/C14H10ClFO/c15-13-9-12(16)7-6-11(13)8-14(17)10-4-2-1-3-5-10/h1-7,9H,8H2. The van der Waals surface area contributed by atoms with Crippen molar-refractivity contribution in [3.8, 4) is 0 Å².